The van der Waals surface area contributed by atoms with Crippen molar-refractivity contribution in [3.8, 4) is 33.4 Å². The molecule has 0 aliphatic carbocycles. The minimum atomic E-state index is 0.922. The van der Waals surface area contributed by atoms with Crippen molar-refractivity contribution in [1.82, 2.24) is 4.98 Å². The van der Waals surface area contributed by atoms with Crippen molar-refractivity contribution < 1.29 is 4.42 Å². The molecule has 8 aromatic rings. The molecule has 0 bridgehead atoms. The minimum Gasteiger partial charge on any atom is -0.455 e. The highest BCUT2D eigenvalue weighted by Crippen LogP contribution is 2.38. The van der Waals surface area contributed by atoms with Crippen LogP contribution < -0.4 is 0 Å². The topological polar surface area (TPSA) is 28.9 Å². The fourth-order valence-corrected chi connectivity index (χ4v) is 5.73. The maximum atomic E-state index is 6.34. The monoisotopic (exact) mass is 485 g/mol. The highest BCUT2D eigenvalue weighted by molar-refractivity contribution is 6.12. The molecular weight excluding hydrogens is 462 g/mol. The molecule has 0 atom stereocenters. The number of benzene rings is 6. The van der Waals surface area contributed by atoms with Crippen molar-refractivity contribution in [3.63, 3.8) is 0 Å². The molecule has 0 spiro atoms. The van der Waals surface area contributed by atoms with Gasteiger partial charge in [0.05, 0.1) is 0 Å². The Morgan fingerprint density at radius 1 is 0.395 bits per heavy atom. The van der Waals surface area contributed by atoms with Gasteiger partial charge in [-0.15, -0.1) is 0 Å². The van der Waals surface area contributed by atoms with E-state index in [0.29, 0.717) is 0 Å². The molecule has 8 rings (SSSR count). The number of para-hydroxylation sites is 2. The number of H-pyrrole nitrogens is 1. The molecule has 0 aliphatic heterocycles. The number of hydrogen-bond donors (Lipinski definition) is 1. The van der Waals surface area contributed by atoms with Crippen LogP contribution in [0.3, 0.4) is 0 Å². The Balaban J connectivity index is 1.28. The van der Waals surface area contributed by atoms with Gasteiger partial charge in [0.25, 0.3) is 0 Å². The third kappa shape index (κ3) is 3.28. The quantitative estimate of drug-likeness (QED) is 0.265. The Bertz CT molecular complexity index is 2130. The second-order valence-electron chi connectivity index (χ2n) is 9.87. The van der Waals surface area contributed by atoms with Gasteiger partial charge in [-0.05, 0) is 64.2 Å². The number of aromatic amines is 1. The minimum absolute atomic E-state index is 0.922. The smallest absolute Gasteiger partial charge is 0.143 e. The highest BCUT2D eigenvalue weighted by Gasteiger charge is 2.14. The molecule has 0 unspecified atom stereocenters. The zero-order chi connectivity index (χ0) is 25.1. The van der Waals surface area contributed by atoms with E-state index in [1.807, 2.05) is 12.1 Å². The maximum absolute atomic E-state index is 6.34. The first kappa shape index (κ1) is 21.0. The van der Waals surface area contributed by atoms with E-state index < -0.39 is 0 Å². The van der Waals surface area contributed by atoms with E-state index in [1.54, 1.807) is 0 Å². The number of hydrogen-bond acceptors (Lipinski definition) is 1. The van der Waals surface area contributed by atoms with Crippen LogP contribution in [-0.2, 0) is 0 Å². The van der Waals surface area contributed by atoms with Crippen LogP contribution in [0.1, 0.15) is 0 Å². The number of furan rings is 1. The molecule has 0 amide bonds. The van der Waals surface area contributed by atoms with Gasteiger partial charge in [0.1, 0.15) is 11.2 Å². The van der Waals surface area contributed by atoms with Gasteiger partial charge in [0.2, 0.25) is 0 Å². The Morgan fingerprint density at radius 2 is 1.00 bits per heavy atom. The molecule has 0 radical (unpaired) electrons. The van der Waals surface area contributed by atoms with Crippen molar-refractivity contribution in [2.24, 2.45) is 0 Å². The molecule has 2 heteroatoms. The molecule has 2 aromatic heterocycles. The van der Waals surface area contributed by atoms with Crippen LogP contribution in [0, 0.1) is 0 Å². The van der Waals surface area contributed by atoms with E-state index in [4.69, 9.17) is 4.42 Å². The molecule has 6 aromatic carbocycles. The number of fused-ring (bicyclic) bond motifs is 6. The second-order valence-corrected chi connectivity index (χ2v) is 9.87. The Kier molecular flexibility index (Phi) is 4.55. The average molecular weight is 486 g/mol. The molecule has 1 N–H and O–H groups in total. The Hall–Kier alpha value is -5.08. The predicted octanol–water partition coefficient (Wildman–Crippen LogP) is 10.2. The van der Waals surface area contributed by atoms with Crippen LogP contribution in [-0.4, -0.2) is 4.98 Å². The van der Waals surface area contributed by atoms with Crippen LogP contribution in [0.15, 0.2) is 138 Å². The zero-order valence-corrected chi connectivity index (χ0v) is 20.6. The molecular formula is C36H23NO. The number of nitrogens with one attached hydrogen (secondary N) is 1. The van der Waals surface area contributed by atoms with Crippen molar-refractivity contribution in [1.29, 1.82) is 0 Å². The van der Waals surface area contributed by atoms with Gasteiger partial charge >= 0.3 is 0 Å². The van der Waals surface area contributed by atoms with Crippen LogP contribution in [0.25, 0.3) is 77.1 Å². The van der Waals surface area contributed by atoms with E-state index in [1.165, 1.54) is 33.0 Å². The lowest BCUT2D eigenvalue weighted by Crippen LogP contribution is -1.82. The van der Waals surface area contributed by atoms with Gasteiger partial charge in [0.15, 0.2) is 0 Å². The van der Waals surface area contributed by atoms with E-state index in [9.17, 15) is 0 Å². The molecule has 0 aliphatic rings. The van der Waals surface area contributed by atoms with Gasteiger partial charge in [-0.25, -0.2) is 0 Å². The molecule has 0 saturated heterocycles. The van der Waals surface area contributed by atoms with Gasteiger partial charge in [-0.3, -0.25) is 0 Å². The first-order valence-corrected chi connectivity index (χ1v) is 12.9. The molecule has 0 fully saturated rings. The lowest BCUT2D eigenvalue weighted by Gasteiger charge is -2.07. The lowest BCUT2D eigenvalue weighted by atomic mass is 9.97. The second kappa shape index (κ2) is 8.22. The molecule has 2 heterocycles. The van der Waals surface area contributed by atoms with Crippen LogP contribution in [0.2, 0.25) is 0 Å². The first-order valence-electron chi connectivity index (χ1n) is 12.9. The first-order chi connectivity index (χ1) is 18.8. The summed E-state index contributed by atoms with van der Waals surface area (Å²) in [6, 6.07) is 47.4. The van der Waals surface area contributed by atoms with Gasteiger partial charge in [-0.1, -0.05) is 97.1 Å². The standard InChI is InChI=1S/C36H23NO/c1-2-8-23(9-3-1)24-10-6-11-25(20-24)26-16-18-33-31(21-26)32-22-27(17-19-34(32)37-33)28-13-7-14-30-29-12-4-5-15-35(29)38-36(28)30/h1-22,37H. The summed E-state index contributed by atoms with van der Waals surface area (Å²) in [5.41, 5.74) is 11.3. The third-order valence-electron chi connectivity index (χ3n) is 7.62. The number of rotatable bonds is 3. The van der Waals surface area contributed by atoms with Gasteiger partial charge < -0.3 is 9.40 Å². The molecule has 0 saturated carbocycles. The molecule has 2 nitrogen and oxygen atoms in total. The normalized spacial score (nSPS) is 11.7. The summed E-state index contributed by atoms with van der Waals surface area (Å²) >= 11 is 0. The SMILES string of the molecule is c1ccc(-c2cccc(-c3ccc4[nH]c5ccc(-c6cccc7c6oc6ccccc67)cc5c4c3)c2)cc1. The van der Waals surface area contributed by atoms with E-state index >= 15 is 0 Å². The van der Waals surface area contributed by atoms with Crippen molar-refractivity contribution >= 4 is 43.7 Å². The predicted molar refractivity (Wildman–Crippen MR) is 159 cm³/mol. The summed E-state index contributed by atoms with van der Waals surface area (Å²) in [7, 11) is 0. The van der Waals surface area contributed by atoms with Crippen LogP contribution >= 0.6 is 0 Å². The molecule has 178 valence electrons. The lowest BCUT2D eigenvalue weighted by molar-refractivity contribution is 0.670. The van der Waals surface area contributed by atoms with Crippen LogP contribution in [0.4, 0.5) is 0 Å². The Morgan fingerprint density at radius 3 is 1.84 bits per heavy atom. The van der Waals surface area contributed by atoms with Gasteiger partial charge in [0, 0.05) is 38.1 Å². The van der Waals surface area contributed by atoms with Crippen molar-refractivity contribution in [2.45, 2.75) is 0 Å². The summed E-state index contributed by atoms with van der Waals surface area (Å²) in [5, 5.41) is 4.74. The summed E-state index contributed by atoms with van der Waals surface area (Å²) in [6.07, 6.45) is 0. The number of aromatic nitrogens is 1. The summed E-state index contributed by atoms with van der Waals surface area (Å²) in [4.78, 5) is 3.61. The highest BCUT2D eigenvalue weighted by atomic mass is 16.3. The van der Waals surface area contributed by atoms with Crippen LogP contribution in [0.5, 0.6) is 0 Å². The van der Waals surface area contributed by atoms with E-state index in [-0.39, 0.29) is 0 Å². The fourth-order valence-electron chi connectivity index (χ4n) is 5.73. The maximum Gasteiger partial charge on any atom is 0.143 e. The van der Waals surface area contributed by atoms with Crippen molar-refractivity contribution in [2.75, 3.05) is 0 Å². The largest absolute Gasteiger partial charge is 0.455 e. The summed E-state index contributed by atoms with van der Waals surface area (Å²) in [5.74, 6) is 0. The van der Waals surface area contributed by atoms with E-state index in [2.05, 4.69) is 126 Å². The average Bonchev–Trinajstić information content (AvgIpc) is 3.55. The Labute approximate surface area is 219 Å². The van der Waals surface area contributed by atoms with Gasteiger partial charge in [-0.2, -0.15) is 0 Å². The fraction of sp³-hybridized carbons (Fsp3) is 0. The zero-order valence-electron chi connectivity index (χ0n) is 20.6. The molecule has 38 heavy (non-hydrogen) atoms. The summed E-state index contributed by atoms with van der Waals surface area (Å²) < 4.78 is 6.34. The third-order valence-corrected chi connectivity index (χ3v) is 7.62. The summed E-state index contributed by atoms with van der Waals surface area (Å²) in [6.45, 7) is 0. The van der Waals surface area contributed by atoms with Crippen molar-refractivity contribution in [3.05, 3.63) is 133 Å². The van der Waals surface area contributed by atoms with E-state index in [0.717, 1.165) is 44.1 Å².